The van der Waals surface area contributed by atoms with Crippen molar-refractivity contribution in [3.05, 3.63) is 10.4 Å². The molecule has 1 unspecified atom stereocenters. The maximum absolute atomic E-state index is 9.63. The van der Waals surface area contributed by atoms with E-state index in [4.69, 9.17) is 15.7 Å². The Morgan fingerprint density at radius 3 is 2.50 bits per heavy atom. The zero-order chi connectivity index (χ0) is 10.9. The Morgan fingerprint density at radius 1 is 1.43 bits per heavy atom. The molecule has 1 aliphatic heterocycles. The molecule has 1 rings (SSSR count). The van der Waals surface area contributed by atoms with Crippen LogP contribution in [0.15, 0.2) is 5.11 Å². The van der Waals surface area contributed by atoms with Crippen molar-refractivity contribution < 1.29 is 25.2 Å². The Balaban J connectivity index is 2.99. The second-order valence-corrected chi connectivity index (χ2v) is 3.08. The molecule has 14 heavy (non-hydrogen) atoms. The van der Waals surface area contributed by atoms with E-state index in [1.807, 2.05) is 0 Å². The molecule has 0 aliphatic carbocycles. The van der Waals surface area contributed by atoms with Gasteiger partial charge >= 0.3 is 0 Å². The van der Waals surface area contributed by atoms with E-state index in [2.05, 4.69) is 14.8 Å². The minimum Gasteiger partial charge on any atom is -0.387 e. The van der Waals surface area contributed by atoms with Crippen molar-refractivity contribution in [2.24, 2.45) is 5.11 Å². The van der Waals surface area contributed by atoms with E-state index >= 15 is 0 Å². The first-order chi connectivity index (χ1) is 6.43. The van der Waals surface area contributed by atoms with Gasteiger partial charge in [0.25, 0.3) is 0 Å². The lowest BCUT2D eigenvalue weighted by Gasteiger charge is -2.42. The summed E-state index contributed by atoms with van der Waals surface area (Å²) in [7, 11) is 0. The number of azide groups is 1. The maximum atomic E-state index is 9.63. The molecule has 1 fully saturated rings. The van der Waals surface area contributed by atoms with Crippen molar-refractivity contribution in [1.82, 2.24) is 0 Å². The molecule has 1 aliphatic rings. The van der Waals surface area contributed by atoms with Crippen LogP contribution in [0.25, 0.3) is 10.4 Å². The van der Waals surface area contributed by atoms with Crippen molar-refractivity contribution >= 4 is 0 Å². The van der Waals surface area contributed by atoms with Crippen LogP contribution in [0.3, 0.4) is 0 Å². The molecule has 1 heterocycles. The molecule has 8 heteroatoms. The first-order valence-electron chi connectivity index (χ1n) is 3.91. The number of aliphatic hydroxyl groups excluding tert-OH is 3. The van der Waals surface area contributed by atoms with Gasteiger partial charge < -0.3 is 25.2 Å². The number of ether oxygens (including phenoxy) is 1. The maximum Gasteiger partial charge on any atom is 0.198 e. The van der Waals surface area contributed by atoms with Crippen molar-refractivity contribution in [1.29, 1.82) is 0 Å². The van der Waals surface area contributed by atoms with Gasteiger partial charge in [-0.1, -0.05) is 5.11 Å². The van der Waals surface area contributed by atoms with E-state index in [9.17, 15) is 10.2 Å². The summed E-state index contributed by atoms with van der Waals surface area (Å²) < 4.78 is 4.67. The highest BCUT2D eigenvalue weighted by atomic mass is 16.6. The summed E-state index contributed by atoms with van der Waals surface area (Å²) in [6.45, 7) is 1.30. The van der Waals surface area contributed by atoms with E-state index in [0.29, 0.717) is 0 Å². The van der Waals surface area contributed by atoms with E-state index < -0.39 is 30.3 Å². The van der Waals surface area contributed by atoms with Crippen molar-refractivity contribution in [3.63, 3.8) is 0 Å². The predicted octanol–water partition coefficient (Wildman–Crippen LogP) is -1.56. The molecular weight excluding hydrogens is 194 g/mol. The number of aliphatic hydroxyl groups is 4. The average molecular weight is 205 g/mol. The normalized spacial score (nSPS) is 48.4. The average Bonchev–Trinajstić information content (AvgIpc) is 2.13. The molecule has 0 bridgehead atoms. The third-order valence-corrected chi connectivity index (χ3v) is 2.20. The molecule has 0 saturated carbocycles. The summed E-state index contributed by atoms with van der Waals surface area (Å²) in [5.74, 6) is 0. The molecule has 1 saturated heterocycles. The van der Waals surface area contributed by atoms with Crippen LogP contribution in [-0.2, 0) is 4.74 Å². The van der Waals surface area contributed by atoms with Crippen LogP contribution >= 0.6 is 0 Å². The number of hydrogen-bond acceptors (Lipinski definition) is 6. The first-order valence-corrected chi connectivity index (χ1v) is 3.91. The molecule has 0 radical (unpaired) electrons. The zero-order valence-electron chi connectivity index (χ0n) is 7.35. The van der Waals surface area contributed by atoms with Crippen molar-refractivity contribution in [2.45, 2.75) is 37.3 Å². The lowest BCUT2D eigenvalue weighted by atomic mass is 9.94. The van der Waals surface area contributed by atoms with Crippen LogP contribution in [0.1, 0.15) is 6.92 Å². The first kappa shape index (κ1) is 11.2. The molecule has 80 valence electrons. The minimum absolute atomic E-state index is 1.12. The SMILES string of the molecule is C[C@H]1OC(O)[C@@H](O)[C@@H](O)[C@@]1(O)N=[N+]=[N-]. The minimum atomic E-state index is -2.27. The van der Waals surface area contributed by atoms with Gasteiger partial charge in [-0.3, -0.25) is 0 Å². The largest absolute Gasteiger partial charge is 0.387 e. The molecule has 0 amide bonds. The van der Waals surface area contributed by atoms with E-state index in [0.717, 1.165) is 0 Å². The number of hydrogen-bond donors (Lipinski definition) is 4. The Morgan fingerprint density at radius 2 is 2.00 bits per heavy atom. The summed E-state index contributed by atoms with van der Waals surface area (Å²) >= 11 is 0. The molecule has 8 nitrogen and oxygen atoms in total. The Bertz CT molecular complexity index is 268. The fourth-order valence-corrected chi connectivity index (χ4v) is 1.25. The monoisotopic (exact) mass is 205 g/mol. The Labute approximate surface area is 79.0 Å². The van der Waals surface area contributed by atoms with Gasteiger partial charge in [-0.15, -0.1) is 0 Å². The lowest BCUT2D eigenvalue weighted by Crippen LogP contribution is -2.63. The number of nitrogens with zero attached hydrogens (tertiary/aromatic N) is 3. The lowest BCUT2D eigenvalue weighted by molar-refractivity contribution is -0.310. The number of rotatable bonds is 1. The summed E-state index contributed by atoms with van der Waals surface area (Å²) in [5.41, 5.74) is 5.89. The smallest absolute Gasteiger partial charge is 0.198 e. The quantitative estimate of drug-likeness (QED) is 0.233. The van der Waals surface area contributed by atoms with E-state index in [1.54, 1.807) is 0 Å². The van der Waals surface area contributed by atoms with Crippen LogP contribution in [0.4, 0.5) is 0 Å². The highest BCUT2D eigenvalue weighted by Crippen LogP contribution is 2.30. The third-order valence-electron chi connectivity index (χ3n) is 2.20. The fraction of sp³-hybridized carbons (Fsp3) is 1.00. The van der Waals surface area contributed by atoms with Gasteiger partial charge in [0.05, 0.1) is 6.10 Å². The van der Waals surface area contributed by atoms with Crippen LogP contribution < -0.4 is 0 Å². The topological polar surface area (TPSA) is 139 Å². The second-order valence-electron chi connectivity index (χ2n) is 3.08. The van der Waals surface area contributed by atoms with Crippen molar-refractivity contribution in [2.75, 3.05) is 0 Å². The second kappa shape index (κ2) is 3.70. The fourth-order valence-electron chi connectivity index (χ4n) is 1.25. The van der Waals surface area contributed by atoms with Gasteiger partial charge in [0.2, 0.25) is 0 Å². The van der Waals surface area contributed by atoms with Crippen LogP contribution in [0.5, 0.6) is 0 Å². The van der Waals surface area contributed by atoms with Gasteiger partial charge in [-0.2, -0.15) is 0 Å². The van der Waals surface area contributed by atoms with Gasteiger partial charge in [-0.05, 0) is 12.5 Å². The highest BCUT2D eigenvalue weighted by molar-refractivity contribution is 4.98. The molecular formula is C6H11N3O5. The van der Waals surface area contributed by atoms with Crippen molar-refractivity contribution in [3.8, 4) is 0 Å². The summed E-state index contributed by atoms with van der Waals surface area (Å²) in [6, 6.07) is 0. The molecule has 5 atom stereocenters. The third kappa shape index (κ3) is 1.55. The Hall–Kier alpha value is -0.890. The molecule has 0 spiro atoms. The predicted molar refractivity (Wildman–Crippen MR) is 42.7 cm³/mol. The van der Waals surface area contributed by atoms with Crippen LogP contribution in [0, 0.1) is 0 Å². The Kier molecular flexibility index (Phi) is 2.95. The zero-order valence-corrected chi connectivity index (χ0v) is 7.35. The summed E-state index contributed by atoms with van der Waals surface area (Å²) in [4.78, 5) is 2.33. The van der Waals surface area contributed by atoms with Crippen LogP contribution in [-0.4, -0.2) is 50.8 Å². The molecule has 0 aromatic rings. The van der Waals surface area contributed by atoms with E-state index in [-0.39, 0.29) is 0 Å². The van der Waals surface area contributed by atoms with Crippen LogP contribution in [0.2, 0.25) is 0 Å². The summed E-state index contributed by atoms with van der Waals surface area (Å²) in [6.07, 6.45) is -6.25. The molecule has 0 aromatic heterocycles. The van der Waals surface area contributed by atoms with Gasteiger partial charge in [0.1, 0.15) is 12.2 Å². The molecule has 0 aromatic carbocycles. The molecule has 4 N–H and O–H groups in total. The standard InChI is InChI=1S/C6H11N3O5/c1-2-6(13,8-9-7)4(11)3(10)5(12)14-2/h2-5,10-13H,1H3/t2-,3+,4-,5?,6-/m1/s1. The van der Waals surface area contributed by atoms with E-state index in [1.165, 1.54) is 6.92 Å². The van der Waals surface area contributed by atoms with Gasteiger partial charge in [0.15, 0.2) is 12.0 Å². The highest BCUT2D eigenvalue weighted by Gasteiger charge is 2.52. The van der Waals surface area contributed by atoms with Gasteiger partial charge in [0, 0.05) is 4.91 Å². The van der Waals surface area contributed by atoms with Gasteiger partial charge in [-0.25, -0.2) is 0 Å². The summed E-state index contributed by atoms with van der Waals surface area (Å²) in [5, 5.41) is 40.1.